The molecule has 0 fully saturated rings. The van der Waals surface area contributed by atoms with Crippen molar-refractivity contribution < 1.29 is 13.2 Å². The molecular weight excluding hydrogens is 264 g/mol. The molecule has 0 aliphatic carbocycles. The number of amides is 1. The molecule has 0 aromatic heterocycles. The van der Waals surface area contributed by atoms with E-state index in [2.05, 4.69) is 16.6 Å². The lowest BCUT2D eigenvalue weighted by atomic mass is 10.2. The van der Waals surface area contributed by atoms with Crippen LogP contribution in [-0.4, -0.2) is 27.4 Å². The topological polar surface area (TPSA) is 75.3 Å². The second kappa shape index (κ2) is 7.06. The smallest absolute Gasteiger partial charge is 0.251 e. The van der Waals surface area contributed by atoms with Crippen LogP contribution < -0.4 is 10.0 Å². The fraction of sp³-hybridized carbons (Fsp3) is 0.308. The van der Waals surface area contributed by atoms with E-state index in [0.717, 1.165) is 6.42 Å². The van der Waals surface area contributed by atoms with E-state index >= 15 is 0 Å². The van der Waals surface area contributed by atoms with Crippen molar-refractivity contribution in [3.05, 3.63) is 42.5 Å². The molecule has 0 saturated heterocycles. The maximum Gasteiger partial charge on any atom is 0.251 e. The summed E-state index contributed by atoms with van der Waals surface area (Å²) in [6, 6.07) is 5.81. The van der Waals surface area contributed by atoms with E-state index in [0.29, 0.717) is 12.1 Å². The zero-order valence-electron chi connectivity index (χ0n) is 10.8. The van der Waals surface area contributed by atoms with Gasteiger partial charge in [-0.25, -0.2) is 13.1 Å². The summed E-state index contributed by atoms with van der Waals surface area (Å²) >= 11 is 0. The largest absolute Gasteiger partial charge is 0.352 e. The molecule has 0 heterocycles. The van der Waals surface area contributed by atoms with Crippen LogP contribution in [-0.2, 0) is 10.0 Å². The van der Waals surface area contributed by atoms with Crippen LogP contribution in [0.25, 0.3) is 0 Å². The predicted molar refractivity (Wildman–Crippen MR) is 74.5 cm³/mol. The van der Waals surface area contributed by atoms with Gasteiger partial charge in [0, 0.05) is 18.7 Å². The number of benzene rings is 1. The number of sulfonamides is 1. The number of carbonyl (C=O) groups excluding carboxylic acids is 1. The van der Waals surface area contributed by atoms with E-state index in [1.54, 1.807) is 0 Å². The first-order valence-corrected chi connectivity index (χ1v) is 7.48. The fourth-order valence-corrected chi connectivity index (χ4v) is 2.38. The third-order valence-electron chi connectivity index (χ3n) is 2.38. The van der Waals surface area contributed by atoms with Gasteiger partial charge in [-0.3, -0.25) is 4.79 Å². The van der Waals surface area contributed by atoms with E-state index in [-0.39, 0.29) is 17.3 Å². The van der Waals surface area contributed by atoms with Gasteiger partial charge in [0.1, 0.15) is 0 Å². The van der Waals surface area contributed by atoms with Gasteiger partial charge in [0.2, 0.25) is 10.0 Å². The zero-order chi connectivity index (χ0) is 14.3. The van der Waals surface area contributed by atoms with Crippen LogP contribution in [0.4, 0.5) is 0 Å². The summed E-state index contributed by atoms with van der Waals surface area (Å²) in [5.74, 6) is -0.204. The van der Waals surface area contributed by atoms with Crippen molar-refractivity contribution in [3.8, 4) is 0 Å². The molecule has 0 bridgehead atoms. The van der Waals surface area contributed by atoms with Crippen molar-refractivity contribution in [1.29, 1.82) is 0 Å². The Morgan fingerprint density at radius 2 is 1.95 bits per heavy atom. The minimum Gasteiger partial charge on any atom is -0.352 e. The summed E-state index contributed by atoms with van der Waals surface area (Å²) in [5.41, 5.74) is 0.441. The Morgan fingerprint density at radius 3 is 2.47 bits per heavy atom. The Morgan fingerprint density at radius 1 is 1.32 bits per heavy atom. The lowest BCUT2D eigenvalue weighted by molar-refractivity contribution is 0.0953. The van der Waals surface area contributed by atoms with E-state index < -0.39 is 10.0 Å². The van der Waals surface area contributed by atoms with E-state index in [4.69, 9.17) is 0 Å². The van der Waals surface area contributed by atoms with Gasteiger partial charge >= 0.3 is 0 Å². The molecule has 2 N–H and O–H groups in total. The van der Waals surface area contributed by atoms with Crippen molar-refractivity contribution >= 4 is 15.9 Å². The second-order valence-electron chi connectivity index (χ2n) is 3.92. The first-order chi connectivity index (χ1) is 9.01. The Bertz CT molecular complexity index is 536. The summed E-state index contributed by atoms with van der Waals surface area (Å²) < 4.78 is 25.9. The number of rotatable bonds is 7. The number of carbonyl (C=O) groups is 1. The van der Waals surface area contributed by atoms with Crippen molar-refractivity contribution in [2.45, 2.75) is 18.2 Å². The van der Waals surface area contributed by atoms with Gasteiger partial charge in [-0.1, -0.05) is 13.0 Å². The number of hydrogen-bond acceptors (Lipinski definition) is 3. The minimum absolute atomic E-state index is 0.126. The zero-order valence-corrected chi connectivity index (χ0v) is 11.7. The van der Waals surface area contributed by atoms with Crippen LogP contribution in [0.1, 0.15) is 23.7 Å². The van der Waals surface area contributed by atoms with Gasteiger partial charge in [-0.05, 0) is 30.7 Å². The molecular formula is C13H18N2O3S. The molecule has 6 heteroatoms. The Balaban J connectivity index is 2.81. The molecule has 5 nitrogen and oxygen atoms in total. The molecule has 0 aliphatic heterocycles. The maximum atomic E-state index is 11.8. The summed E-state index contributed by atoms with van der Waals surface area (Å²) in [4.78, 5) is 11.8. The monoisotopic (exact) mass is 282 g/mol. The molecule has 1 amide bonds. The molecule has 0 saturated carbocycles. The molecule has 0 atom stereocenters. The lowest BCUT2D eigenvalue weighted by Gasteiger charge is -2.06. The summed E-state index contributed by atoms with van der Waals surface area (Å²) in [6.45, 7) is 6.17. The van der Waals surface area contributed by atoms with E-state index in [1.165, 1.54) is 30.3 Å². The molecule has 0 unspecified atom stereocenters. The summed E-state index contributed by atoms with van der Waals surface area (Å²) in [5, 5.41) is 2.72. The van der Waals surface area contributed by atoms with Crippen LogP contribution in [0.2, 0.25) is 0 Å². The van der Waals surface area contributed by atoms with Crippen LogP contribution in [0.3, 0.4) is 0 Å². The fourth-order valence-electron chi connectivity index (χ4n) is 1.38. The average molecular weight is 282 g/mol. The van der Waals surface area contributed by atoms with E-state index in [1.807, 2.05) is 6.92 Å². The summed E-state index contributed by atoms with van der Waals surface area (Å²) in [6.07, 6.45) is 2.31. The Kier molecular flexibility index (Phi) is 5.72. The molecule has 1 aromatic carbocycles. The second-order valence-corrected chi connectivity index (χ2v) is 5.69. The van der Waals surface area contributed by atoms with Gasteiger partial charge in [-0.2, -0.15) is 0 Å². The number of nitrogens with one attached hydrogen (secondary N) is 2. The van der Waals surface area contributed by atoms with E-state index in [9.17, 15) is 13.2 Å². The van der Waals surface area contributed by atoms with Crippen LogP contribution in [0, 0.1) is 0 Å². The van der Waals surface area contributed by atoms with Crippen LogP contribution >= 0.6 is 0 Å². The van der Waals surface area contributed by atoms with Crippen molar-refractivity contribution in [2.24, 2.45) is 0 Å². The van der Waals surface area contributed by atoms with Crippen LogP contribution in [0.15, 0.2) is 41.8 Å². The van der Waals surface area contributed by atoms with Gasteiger partial charge in [0.25, 0.3) is 5.91 Å². The quantitative estimate of drug-likeness (QED) is 0.740. The highest BCUT2D eigenvalue weighted by Crippen LogP contribution is 2.10. The molecule has 19 heavy (non-hydrogen) atoms. The van der Waals surface area contributed by atoms with Crippen molar-refractivity contribution in [2.75, 3.05) is 13.1 Å². The number of hydrogen-bond donors (Lipinski definition) is 2. The minimum atomic E-state index is -3.53. The normalized spacial score (nSPS) is 11.0. The lowest BCUT2D eigenvalue weighted by Crippen LogP contribution is -2.25. The molecule has 1 rings (SSSR count). The molecule has 1 aromatic rings. The summed E-state index contributed by atoms with van der Waals surface area (Å²) in [7, 11) is -3.53. The van der Waals surface area contributed by atoms with Gasteiger partial charge in [-0.15, -0.1) is 6.58 Å². The van der Waals surface area contributed by atoms with Gasteiger partial charge < -0.3 is 5.32 Å². The molecule has 0 aliphatic rings. The van der Waals surface area contributed by atoms with Crippen molar-refractivity contribution in [3.63, 3.8) is 0 Å². The van der Waals surface area contributed by atoms with Crippen molar-refractivity contribution in [1.82, 2.24) is 10.0 Å². The molecule has 0 radical (unpaired) electrons. The highest BCUT2D eigenvalue weighted by Gasteiger charge is 2.13. The van der Waals surface area contributed by atoms with Crippen LogP contribution in [0.5, 0.6) is 0 Å². The van der Waals surface area contributed by atoms with Gasteiger partial charge in [0.15, 0.2) is 0 Å². The highest BCUT2D eigenvalue weighted by atomic mass is 32.2. The standard InChI is InChI=1S/C13H18N2O3S/c1-3-9-14-13(16)11-5-7-12(8-6-11)19(17,18)15-10-4-2/h4-8,15H,2-3,9-10H2,1H3,(H,14,16). The highest BCUT2D eigenvalue weighted by molar-refractivity contribution is 7.89. The Labute approximate surface area is 113 Å². The third kappa shape index (κ3) is 4.50. The third-order valence-corrected chi connectivity index (χ3v) is 3.82. The molecule has 0 spiro atoms. The van der Waals surface area contributed by atoms with Gasteiger partial charge in [0.05, 0.1) is 4.90 Å². The average Bonchev–Trinajstić information content (AvgIpc) is 2.42. The molecule has 104 valence electrons. The first kappa shape index (κ1) is 15.4. The maximum absolute atomic E-state index is 11.8. The predicted octanol–water partition coefficient (Wildman–Crippen LogP) is 1.29. The Hall–Kier alpha value is -1.66. The first-order valence-electron chi connectivity index (χ1n) is 6.00. The SMILES string of the molecule is C=CCNS(=O)(=O)c1ccc(C(=O)NCCC)cc1.